The van der Waals surface area contributed by atoms with Gasteiger partial charge in [-0.1, -0.05) is 29.8 Å². The fourth-order valence-electron chi connectivity index (χ4n) is 1.59. The zero-order valence-electron chi connectivity index (χ0n) is 10.1. The van der Waals surface area contributed by atoms with Crippen LogP contribution in [-0.4, -0.2) is 35.6 Å². The smallest absolute Gasteiger partial charge is 0.317 e. The van der Waals surface area contributed by atoms with Crippen molar-refractivity contribution < 1.29 is 9.90 Å². The Labute approximate surface area is 96.7 Å². The number of benzene rings is 1. The first-order valence-electron chi connectivity index (χ1n) is 5.46. The molecule has 88 valence electrons. The van der Waals surface area contributed by atoms with Gasteiger partial charge in [-0.15, -0.1) is 0 Å². The maximum atomic E-state index is 10.6. The monoisotopic (exact) mass is 221 g/mol. The highest BCUT2D eigenvalue weighted by atomic mass is 16.4. The van der Waals surface area contributed by atoms with Crippen LogP contribution in [0.25, 0.3) is 0 Å². The summed E-state index contributed by atoms with van der Waals surface area (Å²) < 4.78 is 0. The maximum Gasteiger partial charge on any atom is 0.317 e. The van der Waals surface area contributed by atoms with Crippen LogP contribution in [0.15, 0.2) is 24.3 Å². The topological polar surface area (TPSA) is 40.5 Å². The zero-order valence-corrected chi connectivity index (χ0v) is 10.1. The molecule has 0 saturated carbocycles. The van der Waals surface area contributed by atoms with E-state index < -0.39 is 5.97 Å². The Kier molecular flexibility index (Phi) is 4.50. The summed E-state index contributed by atoms with van der Waals surface area (Å²) in [7, 11) is 1.84. The van der Waals surface area contributed by atoms with Crippen LogP contribution in [0.3, 0.4) is 0 Å². The summed E-state index contributed by atoms with van der Waals surface area (Å²) in [5, 5.41) is 8.69. The molecule has 0 radical (unpaired) electrons. The normalized spacial score (nSPS) is 12.8. The number of aliphatic carboxylic acids is 1. The van der Waals surface area contributed by atoms with E-state index in [-0.39, 0.29) is 12.6 Å². The van der Waals surface area contributed by atoms with Crippen molar-refractivity contribution in [2.75, 3.05) is 13.6 Å². The first-order chi connectivity index (χ1) is 7.49. The number of aryl methyl sites for hydroxylation is 1. The van der Waals surface area contributed by atoms with Crippen LogP contribution in [0.1, 0.15) is 18.1 Å². The molecule has 0 aliphatic rings. The first kappa shape index (κ1) is 12.7. The van der Waals surface area contributed by atoms with Crippen molar-refractivity contribution in [3.05, 3.63) is 35.4 Å². The Hall–Kier alpha value is -1.35. The van der Waals surface area contributed by atoms with Gasteiger partial charge in [0.1, 0.15) is 0 Å². The minimum Gasteiger partial charge on any atom is -0.480 e. The van der Waals surface area contributed by atoms with Crippen molar-refractivity contribution in [3.8, 4) is 0 Å². The number of carboxylic acids is 1. The van der Waals surface area contributed by atoms with Crippen molar-refractivity contribution >= 4 is 5.97 Å². The van der Waals surface area contributed by atoms with Crippen LogP contribution < -0.4 is 0 Å². The average molecular weight is 221 g/mol. The second kappa shape index (κ2) is 5.66. The van der Waals surface area contributed by atoms with Crippen molar-refractivity contribution in [3.63, 3.8) is 0 Å². The minimum atomic E-state index is -0.779. The van der Waals surface area contributed by atoms with E-state index in [0.29, 0.717) is 0 Å². The van der Waals surface area contributed by atoms with Gasteiger partial charge in [-0.2, -0.15) is 0 Å². The Morgan fingerprint density at radius 2 is 1.94 bits per heavy atom. The van der Waals surface area contributed by atoms with Gasteiger partial charge in [-0.3, -0.25) is 9.69 Å². The summed E-state index contributed by atoms with van der Waals surface area (Å²) in [6.45, 7) is 4.19. The van der Waals surface area contributed by atoms with E-state index in [1.807, 2.05) is 18.9 Å². The highest BCUT2D eigenvalue weighted by Gasteiger charge is 2.12. The SMILES string of the molecule is Cc1ccc(CC(C)N(C)CC(=O)O)cc1. The lowest BCUT2D eigenvalue weighted by Crippen LogP contribution is -2.35. The predicted octanol–water partition coefficient (Wildman–Crippen LogP) is 1.94. The molecule has 1 N–H and O–H groups in total. The van der Waals surface area contributed by atoms with Gasteiger partial charge in [-0.05, 0) is 32.9 Å². The van der Waals surface area contributed by atoms with E-state index in [1.165, 1.54) is 11.1 Å². The molecule has 1 rings (SSSR count). The Balaban J connectivity index is 2.53. The molecule has 1 unspecified atom stereocenters. The molecule has 3 nitrogen and oxygen atoms in total. The molecule has 0 aliphatic carbocycles. The first-order valence-corrected chi connectivity index (χ1v) is 5.46. The Morgan fingerprint density at radius 3 is 2.44 bits per heavy atom. The summed E-state index contributed by atoms with van der Waals surface area (Å²) in [5.41, 5.74) is 2.49. The van der Waals surface area contributed by atoms with Crippen molar-refractivity contribution in [1.82, 2.24) is 4.90 Å². The third-order valence-corrected chi connectivity index (χ3v) is 2.79. The van der Waals surface area contributed by atoms with Crippen LogP contribution in [0.2, 0.25) is 0 Å². The maximum absolute atomic E-state index is 10.6. The van der Waals surface area contributed by atoms with Crippen molar-refractivity contribution in [2.45, 2.75) is 26.3 Å². The largest absolute Gasteiger partial charge is 0.480 e. The quantitative estimate of drug-likeness (QED) is 0.826. The lowest BCUT2D eigenvalue weighted by molar-refractivity contribution is -0.138. The molecule has 0 saturated heterocycles. The van der Waals surface area contributed by atoms with Crippen LogP contribution in [0, 0.1) is 6.92 Å². The van der Waals surface area contributed by atoms with E-state index in [0.717, 1.165) is 6.42 Å². The van der Waals surface area contributed by atoms with E-state index in [2.05, 4.69) is 31.2 Å². The van der Waals surface area contributed by atoms with Crippen LogP contribution in [0.5, 0.6) is 0 Å². The number of carboxylic acid groups (broad SMARTS) is 1. The molecule has 0 bridgehead atoms. The number of nitrogens with zero attached hydrogens (tertiary/aromatic N) is 1. The molecule has 16 heavy (non-hydrogen) atoms. The van der Waals surface area contributed by atoms with Gasteiger partial charge in [0.2, 0.25) is 0 Å². The summed E-state index contributed by atoms with van der Waals surface area (Å²) in [6.07, 6.45) is 0.879. The summed E-state index contributed by atoms with van der Waals surface area (Å²) in [4.78, 5) is 12.4. The van der Waals surface area contributed by atoms with Gasteiger partial charge < -0.3 is 5.11 Å². The van der Waals surface area contributed by atoms with Crippen LogP contribution in [0.4, 0.5) is 0 Å². The molecular weight excluding hydrogens is 202 g/mol. The molecule has 1 atom stereocenters. The van der Waals surface area contributed by atoms with Gasteiger partial charge >= 0.3 is 5.97 Å². The van der Waals surface area contributed by atoms with Gasteiger partial charge in [0.25, 0.3) is 0 Å². The van der Waals surface area contributed by atoms with Crippen molar-refractivity contribution in [2.24, 2.45) is 0 Å². The molecular formula is C13H19NO2. The highest BCUT2D eigenvalue weighted by Crippen LogP contribution is 2.08. The number of carbonyl (C=O) groups is 1. The van der Waals surface area contributed by atoms with Gasteiger partial charge in [0.15, 0.2) is 0 Å². The second-order valence-electron chi connectivity index (χ2n) is 4.35. The van der Waals surface area contributed by atoms with Gasteiger partial charge in [0, 0.05) is 6.04 Å². The average Bonchev–Trinajstić information content (AvgIpc) is 2.20. The van der Waals surface area contributed by atoms with Crippen LogP contribution in [-0.2, 0) is 11.2 Å². The van der Waals surface area contributed by atoms with Crippen molar-refractivity contribution in [1.29, 1.82) is 0 Å². The Morgan fingerprint density at radius 1 is 1.38 bits per heavy atom. The van der Waals surface area contributed by atoms with E-state index >= 15 is 0 Å². The summed E-state index contributed by atoms with van der Waals surface area (Å²) in [6, 6.07) is 8.60. The number of hydrogen-bond acceptors (Lipinski definition) is 2. The molecule has 3 heteroatoms. The fraction of sp³-hybridized carbons (Fsp3) is 0.462. The third kappa shape index (κ3) is 4.03. The molecule has 1 aromatic carbocycles. The van der Waals surface area contributed by atoms with E-state index in [9.17, 15) is 4.79 Å². The molecule has 0 heterocycles. The minimum absolute atomic E-state index is 0.0903. The zero-order chi connectivity index (χ0) is 12.1. The predicted molar refractivity (Wildman–Crippen MR) is 64.6 cm³/mol. The molecule has 0 aromatic heterocycles. The standard InChI is InChI=1S/C13H19NO2/c1-10-4-6-12(7-5-10)8-11(2)14(3)9-13(15)16/h4-7,11H,8-9H2,1-3H3,(H,15,16). The third-order valence-electron chi connectivity index (χ3n) is 2.79. The molecule has 0 spiro atoms. The Bertz CT molecular complexity index is 345. The van der Waals surface area contributed by atoms with E-state index in [1.54, 1.807) is 0 Å². The molecule has 0 fully saturated rings. The van der Waals surface area contributed by atoms with Gasteiger partial charge in [0.05, 0.1) is 6.54 Å². The number of likely N-dealkylation sites (N-methyl/N-ethyl adjacent to an activating group) is 1. The second-order valence-corrected chi connectivity index (χ2v) is 4.35. The van der Waals surface area contributed by atoms with Gasteiger partial charge in [-0.25, -0.2) is 0 Å². The van der Waals surface area contributed by atoms with E-state index in [4.69, 9.17) is 5.11 Å². The lowest BCUT2D eigenvalue weighted by atomic mass is 10.0. The summed E-state index contributed by atoms with van der Waals surface area (Å²) >= 11 is 0. The van der Waals surface area contributed by atoms with Crippen LogP contribution >= 0.6 is 0 Å². The summed E-state index contributed by atoms with van der Waals surface area (Å²) in [5.74, 6) is -0.779. The molecule has 0 aliphatic heterocycles. The number of hydrogen-bond donors (Lipinski definition) is 1. The lowest BCUT2D eigenvalue weighted by Gasteiger charge is -2.22. The molecule has 0 amide bonds. The fourth-order valence-corrected chi connectivity index (χ4v) is 1.59. The highest BCUT2D eigenvalue weighted by molar-refractivity contribution is 5.69. The molecule has 1 aromatic rings. The number of rotatable bonds is 5.